The summed E-state index contributed by atoms with van der Waals surface area (Å²) in [6, 6.07) is 16.2. The van der Waals surface area contributed by atoms with Gasteiger partial charge in [-0.2, -0.15) is 0 Å². The molecule has 1 fully saturated rings. The Balaban J connectivity index is 1.66. The molecule has 2 nitrogen and oxygen atoms in total. The van der Waals surface area contributed by atoms with Gasteiger partial charge in [0.15, 0.2) is 0 Å². The average Bonchev–Trinajstić information content (AvgIpc) is 3.23. The molecule has 0 bridgehead atoms. The number of carbonyl (C=O) groups is 1. The van der Waals surface area contributed by atoms with Gasteiger partial charge in [-0.15, -0.1) is 0 Å². The molecule has 1 amide bonds. The van der Waals surface area contributed by atoms with Gasteiger partial charge in [0, 0.05) is 5.92 Å². The molecular formula is C16H14FNO. The van der Waals surface area contributed by atoms with E-state index in [1.54, 1.807) is 18.2 Å². The van der Waals surface area contributed by atoms with E-state index in [0.717, 1.165) is 6.42 Å². The molecule has 2 atom stereocenters. The summed E-state index contributed by atoms with van der Waals surface area (Å²) < 4.78 is 13.4. The fourth-order valence-corrected chi connectivity index (χ4v) is 2.34. The second kappa shape index (κ2) is 4.84. The minimum Gasteiger partial charge on any atom is -0.323 e. The van der Waals surface area contributed by atoms with Crippen LogP contribution in [0.2, 0.25) is 0 Å². The minimum absolute atomic E-state index is 0.0398. The highest BCUT2D eigenvalue weighted by atomic mass is 19.1. The highest BCUT2D eigenvalue weighted by Crippen LogP contribution is 2.47. The van der Waals surface area contributed by atoms with Crippen LogP contribution in [0.25, 0.3) is 0 Å². The number of rotatable bonds is 3. The summed E-state index contributed by atoms with van der Waals surface area (Å²) in [7, 11) is 0. The molecule has 3 heteroatoms. The minimum atomic E-state index is -0.396. The van der Waals surface area contributed by atoms with Gasteiger partial charge in [-0.3, -0.25) is 4.79 Å². The van der Waals surface area contributed by atoms with Gasteiger partial charge >= 0.3 is 0 Å². The number of nitrogens with one attached hydrogen (secondary N) is 1. The quantitative estimate of drug-likeness (QED) is 0.892. The van der Waals surface area contributed by atoms with Crippen molar-refractivity contribution < 1.29 is 9.18 Å². The molecule has 0 spiro atoms. The highest BCUT2D eigenvalue weighted by molar-refractivity contribution is 5.95. The van der Waals surface area contributed by atoms with Crippen molar-refractivity contribution in [3.05, 3.63) is 66.0 Å². The van der Waals surface area contributed by atoms with Crippen molar-refractivity contribution in [2.24, 2.45) is 5.92 Å². The molecule has 0 saturated heterocycles. The lowest BCUT2D eigenvalue weighted by molar-refractivity contribution is -0.117. The van der Waals surface area contributed by atoms with Gasteiger partial charge in [0.25, 0.3) is 0 Å². The van der Waals surface area contributed by atoms with Gasteiger partial charge < -0.3 is 5.32 Å². The molecular weight excluding hydrogens is 241 g/mol. The molecule has 0 heterocycles. The second-order valence-electron chi connectivity index (χ2n) is 4.83. The number of carbonyl (C=O) groups excluding carboxylic acids is 1. The van der Waals surface area contributed by atoms with Crippen molar-refractivity contribution >= 4 is 11.6 Å². The maximum Gasteiger partial charge on any atom is 0.228 e. The summed E-state index contributed by atoms with van der Waals surface area (Å²) in [5, 5.41) is 2.66. The van der Waals surface area contributed by atoms with E-state index in [2.05, 4.69) is 5.32 Å². The van der Waals surface area contributed by atoms with Crippen molar-refractivity contribution in [2.45, 2.75) is 12.3 Å². The highest BCUT2D eigenvalue weighted by Gasteiger charge is 2.43. The van der Waals surface area contributed by atoms with E-state index >= 15 is 0 Å². The Labute approximate surface area is 111 Å². The predicted octanol–water partition coefficient (Wildman–Crippen LogP) is 3.57. The van der Waals surface area contributed by atoms with Crippen LogP contribution in [-0.4, -0.2) is 5.91 Å². The van der Waals surface area contributed by atoms with Crippen molar-refractivity contribution in [1.82, 2.24) is 0 Å². The number of hydrogen-bond acceptors (Lipinski definition) is 1. The van der Waals surface area contributed by atoms with Gasteiger partial charge in [0.2, 0.25) is 5.91 Å². The Hall–Kier alpha value is -2.16. The largest absolute Gasteiger partial charge is 0.323 e. The van der Waals surface area contributed by atoms with Crippen molar-refractivity contribution in [1.29, 1.82) is 0 Å². The van der Waals surface area contributed by atoms with E-state index in [1.165, 1.54) is 11.6 Å². The molecule has 1 aliphatic rings. The molecule has 0 radical (unpaired) electrons. The van der Waals surface area contributed by atoms with Crippen LogP contribution in [0, 0.1) is 11.7 Å². The van der Waals surface area contributed by atoms with E-state index in [0.29, 0.717) is 0 Å². The fraction of sp³-hybridized carbons (Fsp3) is 0.188. The predicted molar refractivity (Wildman–Crippen MR) is 72.3 cm³/mol. The van der Waals surface area contributed by atoms with E-state index in [4.69, 9.17) is 0 Å². The summed E-state index contributed by atoms with van der Waals surface area (Å²) in [6.07, 6.45) is 0.838. The zero-order valence-electron chi connectivity index (χ0n) is 10.3. The number of hydrogen-bond donors (Lipinski definition) is 1. The lowest BCUT2D eigenvalue weighted by Gasteiger charge is -2.05. The normalized spacial score (nSPS) is 20.9. The Kier molecular flexibility index (Phi) is 3.03. The maximum absolute atomic E-state index is 13.4. The standard InChI is InChI=1S/C16H14FNO/c17-14-8-4-5-9-15(14)18-16(19)13-10-12(13)11-6-2-1-3-7-11/h1-9,12-13H,10H2,(H,18,19)/t12-,13-/m0/s1. The van der Waals surface area contributed by atoms with E-state index in [-0.39, 0.29) is 23.4 Å². The first-order chi connectivity index (χ1) is 9.25. The Bertz CT molecular complexity index is 597. The number of para-hydroxylation sites is 1. The summed E-state index contributed by atoms with van der Waals surface area (Å²) in [6.45, 7) is 0. The molecule has 1 N–H and O–H groups in total. The number of anilines is 1. The summed E-state index contributed by atoms with van der Waals surface area (Å²) in [5.41, 5.74) is 1.43. The van der Waals surface area contributed by atoms with Gasteiger partial charge in [-0.25, -0.2) is 4.39 Å². The van der Waals surface area contributed by atoms with Gasteiger partial charge in [0.05, 0.1) is 5.69 Å². The molecule has 0 aromatic heterocycles. The van der Waals surface area contributed by atoms with E-state index in [9.17, 15) is 9.18 Å². The van der Waals surface area contributed by atoms with Crippen LogP contribution >= 0.6 is 0 Å². The Morgan fingerprint density at radius 3 is 2.47 bits per heavy atom. The number of amides is 1. The number of benzene rings is 2. The molecule has 2 aromatic rings. The lowest BCUT2D eigenvalue weighted by Crippen LogP contribution is -2.15. The first kappa shape index (κ1) is 11.9. The van der Waals surface area contributed by atoms with Crippen molar-refractivity contribution in [3.8, 4) is 0 Å². The molecule has 3 rings (SSSR count). The van der Waals surface area contributed by atoms with Crippen LogP contribution in [0.15, 0.2) is 54.6 Å². The fourth-order valence-electron chi connectivity index (χ4n) is 2.34. The second-order valence-corrected chi connectivity index (χ2v) is 4.83. The molecule has 19 heavy (non-hydrogen) atoms. The summed E-state index contributed by atoms with van der Waals surface area (Å²) in [4.78, 5) is 12.0. The first-order valence-corrected chi connectivity index (χ1v) is 6.36. The molecule has 0 unspecified atom stereocenters. The number of halogens is 1. The van der Waals surface area contributed by atoms with Crippen LogP contribution in [-0.2, 0) is 4.79 Å². The van der Waals surface area contributed by atoms with Crippen LogP contribution in [0.1, 0.15) is 17.9 Å². The van der Waals surface area contributed by atoms with Crippen LogP contribution in [0.4, 0.5) is 10.1 Å². The smallest absolute Gasteiger partial charge is 0.228 e. The zero-order chi connectivity index (χ0) is 13.2. The molecule has 2 aromatic carbocycles. The van der Waals surface area contributed by atoms with Crippen LogP contribution < -0.4 is 5.32 Å². The monoisotopic (exact) mass is 255 g/mol. The van der Waals surface area contributed by atoms with E-state index < -0.39 is 5.82 Å². The molecule has 1 saturated carbocycles. The van der Waals surface area contributed by atoms with Crippen LogP contribution in [0.5, 0.6) is 0 Å². The third-order valence-electron chi connectivity index (χ3n) is 3.49. The van der Waals surface area contributed by atoms with Gasteiger partial charge in [-0.1, -0.05) is 42.5 Å². The van der Waals surface area contributed by atoms with Crippen LogP contribution in [0.3, 0.4) is 0 Å². The molecule has 96 valence electrons. The Morgan fingerprint density at radius 2 is 1.74 bits per heavy atom. The van der Waals surface area contributed by atoms with Gasteiger partial charge in [-0.05, 0) is 30.0 Å². The average molecular weight is 255 g/mol. The topological polar surface area (TPSA) is 29.1 Å². The molecule has 0 aliphatic heterocycles. The lowest BCUT2D eigenvalue weighted by atomic mass is 10.1. The molecule has 1 aliphatic carbocycles. The van der Waals surface area contributed by atoms with Gasteiger partial charge in [0.1, 0.15) is 5.82 Å². The SMILES string of the molecule is O=C(Nc1ccccc1F)[C@H]1C[C@H]1c1ccccc1. The maximum atomic E-state index is 13.4. The van der Waals surface area contributed by atoms with Crippen molar-refractivity contribution in [2.75, 3.05) is 5.32 Å². The third kappa shape index (κ3) is 2.50. The zero-order valence-corrected chi connectivity index (χ0v) is 10.3. The summed E-state index contributed by atoms with van der Waals surface area (Å²) in [5.74, 6) is -0.262. The third-order valence-corrected chi connectivity index (χ3v) is 3.49. The Morgan fingerprint density at radius 1 is 1.05 bits per heavy atom. The van der Waals surface area contributed by atoms with E-state index in [1.807, 2.05) is 30.3 Å². The van der Waals surface area contributed by atoms with Crippen molar-refractivity contribution in [3.63, 3.8) is 0 Å². The summed E-state index contributed by atoms with van der Waals surface area (Å²) >= 11 is 0. The first-order valence-electron chi connectivity index (χ1n) is 6.36.